The van der Waals surface area contributed by atoms with E-state index in [4.69, 9.17) is 9.47 Å². The number of ether oxygens (including phenoxy) is 2. The maximum atomic E-state index is 13.4. The molecule has 0 unspecified atom stereocenters. The Morgan fingerprint density at radius 3 is 2.09 bits per heavy atom. The molecule has 0 radical (unpaired) electrons. The number of carbonyl (C=O) groups excluding carboxylic acids is 1. The Morgan fingerprint density at radius 1 is 0.970 bits per heavy atom. The predicted molar refractivity (Wildman–Crippen MR) is 125 cm³/mol. The van der Waals surface area contributed by atoms with Gasteiger partial charge in [-0.3, -0.25) is 4.79 Å². The third-order valence-electron chi connectivity index (χ3n) is 6.29. The van der Waals surface area contributed by atoms with Crippen LogP contribution in [0.1, 0.15) is 62.7 Å². The molecule has 1 heterocycles. The molecule has 0 bridgehead atoms. The number of unbranched alkanes of at least 4 members (excludes halogenated alkanes) is 1. The Morgan fingerprint density at radius 2 is 1.55 bits per heavy atom. The molecule has 33 heavy (non-hydrogen) atoms. The molecule has 0 N–H and O–H groups in total. The molecule has 2 aromatic rings. The first-order valence-electron chi connectivity index (χ1n) is 12.1. The van der Waals surface area contributed by atoms with Crippen LogP contribution in [0.25, 0.3) is 0 Å². The van der Waals surface area contributed by atoms with Crippen molar-refractivity contribution in [3.05, 3.63) is 71.3 Å². The van der Waals surface area contributed by atoms with Crippen LogP contribution in [0.3, 0.4) is 0 Å². The standard InChI is InChI=1S/C27H35F2NO3/c1-2-32-26(31)6-4-3-5-21-15-17-30(18-16-21)19-20-33-27(22-7-11-24(28)12-8-22)23-9-13-25(29)14-10-23/h7-14,21,27H,2-6,15-20H2,1H3. The predicted octanol–water partition coefficient (Wildman–Crippen LogP) is 5.91. The second-order valence-electron chi connectivity index (χ2n) is 8.69. The molecule has 0 saturated carbocycles. The SMILES string of the molecule is CCOC(=O)CCCCC1CCN(CCOC(c2ccc(F)cc2)c2ccc(F)cc2)CC1. The maximum Gasteiger partial charge on any atom is 0.305 e. The second-order valence-corrected chi connectivity index (χ2v) is 8.69. The summed E-state index contributed by atoms with van der Waals surface area (Å²) in [6.07, 6.45) is 5.64. The molecule has 1 aliphatic rings. The van der Waals surface area contributed by atoms with Crippen molar-refractivity contribution in [3.63, 3.8) is 0 Å². The quantitative estimate of drug-likeness (QED) is 0.292. The summed E-state index contributed by atoms with van der Waals surface area (Å²) < 4.78 is 38.0. The molecule has 4 nitrogen and oxygen atoms in total. The lowest BCUT2D eigenvalue weighted by Crippen LogP contribution is -2.36. The Hall–Kier alpha value is -2.31. The summed E-state index contributed by atoms with van der Waals surface area (Å²) in [5.74, 6) is 0.0446. The zero-order valence-corrected chi connectivity index (χ0v) is 19.5. The van der Waals surface area contributed by atoms with E-state index in [0.29, 0.717) is 19.6 Å². The van der Waals surface area contributed by atoms with E-state index in [1.54, 1.807) is 24.3 Å². The number of carbonyl (C=O) groups is 1. The Balaban J connectivity index is 1.41. The van der Waals surface area contributed by atoms with Gasteiger partial charge in [-0.1, -0.05) is 37.1 Å². The van der Waals surface area contributed by atoms with E-state index in [1.807, 2.05) is 6.92 Å². The van der Waals surface area contributed by atoms with Crippen LogP contribution in [0.15, 0.2) is 48.5 Å². The van der Waals surface area contributed by atoms with Crippen LogP contribution in [-0.4, -0.2) is 43.7 Å². The summed E-state index contributed by atoms with van der Waals surface area (Å²) in [5, 5.41) is 0. The van der Waals surface area contributed by atoms with E-state index in [-0.39, 0.29) is 23.7 Å². The van der Waals surface area contributed by atoms with Crippen LogP contribution in [0.4, 0.5) is 8.78 Å². The van der Waals surface area contributed by atoms with E-state index in [0.717, 1.165) is 49.5 Å². The molecule has 0 aromatic heterocycles. The monoisotopic (exact) mass is 459 g/mol. The molecule has 1 fully saturated rings. The maximum absolute atomic E-state index is 13.4. The minimum Gasteiger partial charge on any atom is -0.466 e. The summed E-state index contributed by atoms with van der Waals surface area (Å²) in [5.41, 5.74) is 1.70. The summed E-state index contributed by atoms with van der Waals surface area (Å²) in [6.45, 7) is 5.75. The van der Waals surface area contributed by atoms with Crippen molar-refractivity contribution < 1.29 is 23.0 Å². The molecule has 1 saturated heterocycles. The molecule has 0 spiro atoms. The lowest BCUT2D eigenvalue weighted by atomic mass is 9.91. The van der Waals surface area contributed by atoms with Gasteiger partial charge in [-0.15, -0.1) is 0 Å². The number of hydrogen-bond donors (Lipinski definition) is 0. The molecule has 0 aliphatic carbocycles. The van der Waals surface area contributed by atoms with Gasteiger partial charge in [0, 0.05) is 13.0 Å². The summed E-state index contributed by atoms with van der Waals surface area (Å²) >= 11 is 0. The lowest BCUT2D eigenvalue weighted by molar-refractivity contribution is -0.143. The van der Waals surface area contributed by atoms with Gasteiger partial charge in [0.1, 0.15) is 17.7 Å². The molecular formula is C27H35F2NO3. The van der Waals surface area contributed by atoms with Crippen LogP contribution in [0.5, 0.6) is 0 Å². The number of nitrogens with zero attached hydrogens (tertiary/aromatic N) is 1. The van der Waals surface area contributed by atoms with E-state index >= 15 is 0 Å². The van der Waals surface area contributed by atoms with Gasteiger partial charge in [0.15, 0.2) is 0 Å². The number of benzene rings is 2. The van der Waals surface area contributed by atoms with E-state index in [9.17, 15) is 13.6 Å². The van der Waals surface area contributed by atoms with Gasteiger partial charge in [0.25, 0.3) is 0 Å². The molecular weight excluding hydrogens is 424 g/mol. The van der Waals surface area contributed by atoms with Gasteiger partial charge in [-0.25, -0.2) is 8.78 Å². The highest BCUT2D eigenvalue weighted by Crippen LogP contribution is 2.27. The van der Waals surface area contributed by atoms with Crippen molar-refractivity contribution in [1.82, 2.24) is 4.90 Å². The Bertz CT molecular complexity index is 788. The first-order valence-corrected chi connectivity index (χ1v) is 12.1. The van der Waals surface area contributed by atoms with Crippen LogP contribution in [0, 0.1) is 17.6 Å². The smallest absolute Gasteiger partial charge is 0.305 e. The van der Waals surface area contributed by atoms with Crippen LogP contribution in [-0.2, 0) is 14.3 Å². The van der Waals surface area contributed by atoms with E-state index in [2.05, 4.69) is 4.90 Å². The van der Waals surface area contributed by atoms with Gasteiger partial charge < -0.3 is 14.4 Å². The van der Waals surface area contributed by atoms with Gasteiger partial charge in [-0.05, 0) is 80.6 Å². The number of likely N-dealkylation sites (tertiary alicyclic amines) is 1. The summed E-state index contributed by atoms with van der Waals surface area (Å²) in [7, 11) is 0. The van der Waals surface area contributed by atoms with Gasteiger partial charge in [0.2, 0.25) is 0 Å². The average molecular weight is 460 g/mol. The number of esters is 1. The van der Waals surface area contributed by atoms with Crippen molar-refractivity contribution in [2.75, 3.05) is 32.8 Å². The molecule has 2 aromatic carbocycles. The van der Waals surface area contributed by atoms with Crippen molar-refractivity contribution in [2.24, 2.45) is 5.92 Å². The molecule has 0 atom stereocenters. The highest BCUT2D eigenvalue weighted by atomic mass is 19.1. The van der Waals surface area contributed by atoms with Crippen molar-refractivity contribution >= 4 is 5.97 Å². The molecule has 180 valence electrons. The minimum atomic E-state index is -0.358. The van der Waals surface area contributed by atoms with Crippen molar-refractivity contribution in [1.29, 1.82) is 0 Å². The number of halogens is 2. The topological polar surface area (TPSA) is 38.8 Å². The number of hydrogen-bond acceptors (Lipinski definition) is 4. The highest BCUT2D eigenvalue weighted by molar-refractivity contribution is 5.69. The fourth-order valence-corrected chi connectivity index (χ4v) is 4.39. The van der Waals surface area contributed by atoms with Gasteiger partial charge >= 0.3 is 5.97 Å². The summed E-state index contributed by atoms with van der Waals surface area (Å²) in [4.78, 5) is 13.8. The van der Waals surface area contributed by atoms with E-state index in [1.165, 1.54) is 43.5 Å². The third kappa shape index (κ3) is 8.52. The Labute approximate surface area is 195 Å². The first kappa shape index (κ1) is 25.3. The molecule has 3 rings (SSSR count). The minimum absolute atomic E-state index is 0.0908. The van der Waals surface area contributed by atoms with Crippen molar-refractivity contribution in [2.45, 2.75) is 51.6 Å². The van der Waals surface area contributed by atoms with Gasteiger partial charge in [0.05, 0.1) is 13.2 Å². The lowest BCUT2D eigenvalue weighted by Gasteiger charge is -2.32. The molecule has 6 heteroatoms. The van der Waals surface area contributed by atoms with Crippen molar-refractivity contribution in [3.8, 4) is 0 Å². The van der Waals surface area contributed by atoms with Crippen LogP contribution in [0.2, 0.25) is 0 Å². The largest absolute Gasteiger partial charge is 0.466 e. The molecule has 1 aliphatic heterocycles. The van der Waals surface area contributed by atoms with E-state index < -0.39 is 0 Å². The third-order valence-corrected chi connectivity index (χ3v) is 6.29. The van der Waals surface area contributed by atoms with Gasteiger partial charge in [-0.2, -0.15) is 0 Å². The van der Waals surface area contributed by atoms with Crippen LogP contribution >= 0.6 is 0 Å². The summed E-state index contributed by atoms with van der Waals surface area (Å²) in [6, 6.07) is 12.6. The fourth-order valence-electron chi connectivity index (χ4n) is 4.39. The second kappa shape index (κ2) is 13.4. The first-order chi connectivity index (χ1) is 16.0. The highest BCUT2D eigenvalue weighted by Gasteiger charge is 2.20. The zero-order valence-electron chi connectivity index (χ0n) is 19.5. The normalized spacial score (nSPS) is 15.2. The molecule has 0 amide bonds. The number of piperidine rings is 1. The fraction of sp³-hybridized carbons (Fsp3) is 0.519. The Kier molecular flexibility index (Phi) is 10.3. The van der Waals surface area contributed by atoms with Crippen LogP contribution < -0.4 is 0 Å². The zero-order chi connectivity index (χ0) is 23.5. The average Bonchev–Trinajstić information content (AvgIpc) is 2.82. The number of rotatable bonds is 12.